The van der Waals surface area contributed by atoms with Gasteiger partial charge < -0.3 is 4.98 Å². The average molecular weight is 366 g/mol. The van der Waals surface area contributed by atoms with Gasteiger partial charge in [-0.1, -0.05) is 12.1 Å². The smallest absolute Gasteiger partial charge is 0.305 e. The van der Waals surface area contributed by atoms with Gasteiger partial charge in [-0.2, -0.15) is 4.68 Å². The van der Waals surface area contributed by atoms with E-state index < -0.39 is 17.2 Å². The van der Waals surface area contributed by atoms with Crippen LogP contribution >= 0.6 is 27.3 Å². The van der Waals surface area contributed by atoms with Crippen molar-refractivity contribution in [3.63, 3.8) is 0 Å². The Morgan fingerprint density at radius 1 is 1.19 bits per heavy atom. The molecule has 0 spiro atoms. The molecule has 0 aliphatic carbocycles. The summed E-state index contributed by atoms with van der Waals surface area (Å²) in [7, 11) is 0. The number of aromatic amines is 1. The van der Waals surface area contributed by atoms with Gasteiger partial charge >= 0.3 is 5.69 Å². The summed E-state index contributed by atoms with van der Waals surface area (Å²) in [6.45, 7) is 0. The Hall–Kier alpha value is -2.19. The van der Waals surface area contributed by atoms with E-state index in [9.17, 15) is 14.4 Å². The maximum atomic E-state index is 12.2. The molecule has 0 aliphatic rings. The molecule has 0 fully saturated rings. The maximum Gasteiger partial charge on any atom is 0.348 e. The van der Waals surface area contributed by atoms with Gasteiger partial charge in [0.25, 0.3) is 11.5 Å². The van der Waals surface area contributed by atoms with Crippen molar-refractivity contribution < 1.29 is 4.79 Å². The molecule has 0 saturated carbocycles. The highest BCUT2D eigenvalue weighted by Crippen LogP contribution is 2.21. The first-order chi connectivity index (χ1) is 10.1. The van der Waals surface area contributed by atoms with E-state index in [1.165, 1.54) is 11.3 Å². The molecule has 3 aromatic rings. The predicted molar refractivity (Wildman–Crippen MR) is 84.5 cm³/mol. The monoisotopic (exact) mass is 365 g/mol. The van der Waals surface area contributed by atoms with E-state index in [0.29, 0.717) is 20.5 Å². The third-order valence-corrected chi connectivity index (χ3v) is 4.44. The van der Waals surface area contributed by atoms with Crippen LogP contribution in [0.3, 0.4) is 0 Å². The van der Waals surface area contributed by atoms with E-state index in [1.807, 2.05) is 0 Å². The standard InChI is InChI=1S/C13H8BrN3O3S/c14-10-6-5-9(21-10)11(18)16-17-12(19)7-3-1-2-4-8(7)15-13(17)20/h1-6H,(H,15,20)(H,16,18). The molecule has 0 radical (unpaired) electrons. The number of carbonyl (C=O) groups is 1. The summed E-state index contributed by atoms with van der Waals surface area (Å²) in [5.41, 5.74) is 1.48. The molecule has 2 heterocycles. The van der Waals surface area contributed by atoms with Gasteiger partial charge in [-0.15, -0.1) is 11.3 Å². The molecule has 1 aromatic carbocycles. The highest BCUT2D eigenvalue weighted by atomic mass is 79.9. The van der Waals surface area contributed by atoms with Gasteiger partial charge in [-0.05, 0) is 40.2 Å². The lowest BCUT2D eigenvalue weighted by Crippen LogP contribution is -2.43. The number of hydrogen-bond acceptors (Lipinski definition) is 4. The summed E-state index contributed by atoms with van der Waals surface area (Å²) < 4.78 is 1.46. The Labute approximate surface area is 130 Å². The van der Waals surface area contributed by atoms with E-state index in [0.717, 1.165) is 3.79 Å². The zero-order valence-corrected chi connectivity index (χ0v) is 12.8. The Morgan fingerprint density at radius 2 is 1.95 bits per heavy atom. The number of benzene rings is 1. The first-order valence-electron chi connectivity index (χ1n) is 5.87. The Kier molecular flexibility index (Phi) is 3.48. The van der Waals surface area contributed by atoms with E-state index in [-0.39, 0.29) is 0 Å². The van der Waals surface area contributed by atoms with Gasteiger partial charge in [0.05, 0.1) is 19.6 Å². The van der Waals surface area contributed by atoms with Gasteiger partial charge in [0.2, 0.25) is 0 Å². The van der Waals surface area contributed by atoms with Gasteiger partial charge in [-0.3, -0.25) is 15.0 Å². The number of halogens is 1. The van der Waals surface area contributed by atoms with E-state index in [4.69, 9.17) is 0 Å². The zero-order chi connectivity index (χ0) is 15.0. The van der Waals surface area contributed by atoms with Crippen LogP contribution < -0.4 is 16.7 Å². The number of para-hydroxylation sites is 1. The van der Waals surface area contributed by atoms with E-state index >= 15 is 0 Å². The lowest BCUT2D eigenvalue weighted by atomic mass is 10.2. The van der Waals surface area contributed by atoms with Crippen LogP contribution in [0.25, 0.3) is 10.9 Å². The van der Waals surface area contributed by atoms with Crippen LogP contribution in [0.15, 0.2) is 49.8 Å². The summed E-state index contributed by atoms with van der Waals surface area (Å²) >= 11 is 4.46. The minimum atomic E-state index is -0.692. The van der Waals surface area contributed by atoms with Gasteiger partial charge in [0, 0.05) is 0 Å². The molecular weight excluding hydrogens is 358 g/mol. The van der Waals surface area contributed by atoms with Gasteiger partial charge in [0.15, 0.2) is 0 Å². The summed E-state index contributed by atoms with van der Waals surface area (Å²) in [5.74, 6) is -0.520. The minimum Gasteiger partial charge on any atom is -0.305 e. The SMILES string of the molecule is O=C(Nn1c(=O)[nH]c2ccccc2c1=O)c1ccc(Br)s1. The van der Waals surface area contributed by atoms with Crippen LogP contribution in [0.1, 0.15) is 9.67 Å². The maximum absolute atomic E-state index is 12.2. The number of hydrogen-bond donors (Lipinski definition) is 2. The minimum absolute atomic E-state index is 0.324. The van der Waals surface area contributed by atoms with Crippen LogP contribution in [-0.2, 0) is 0 Å². The highest BCUT2D eigenvalue weighted by molar-refractivity contribution is 9.11. The number of carbonyl (C=O) groups excluding carboxylic acids is 1. The molecule has 3 rings (SSSR count). The molecule has 106 valence electrons. The number of H-pyrrole nitrogens is 1. The predicted octanol–water partition coefficient (Wildman–Crippen LogP) is 1.90. The molecule has 6 nitrogen and oxygen atoms in total. The number of fused-ring (bicyclic) bond motifs is 1. The first kappa shape index (κ1) is 13.8. The number of rotatable bonds is 2. The Morgan fingerprint density at radius 3 is 2.67 bits per heavy atom. The topological polar surface area (TPSA) is 84.0 Å². The molecule has 0 atom stereocenters. The molecule has 21 heavy (non-hydrogen) atoms. The third-order valence-electron chi connectivity index (χ3n) is 2.82. The molecule has 2 aromatic heterocycles. The Bertz CT molecular complexity index is 957. The number of thiophene rings is 1. The number of nitrogens with one attached hydrogen (secondary N) is 2. The second kappa shape index (κ2) is 5.30. The van der Waals surface area contributed by atoms with Crippen LogP contribution in [0.4, 0.5) is 0 Å². The van der Waals surface area contributed by atoms with Crippen molar-refractivity contribution in [1.82, 2.24) is 9.66 Å². The van der Waals surface area contributed by atoms with Crippen molar-refractivity contribution in [2.24, 2.45) is 0 Å². The molecule has 0 bridgehead atoms. The van der Waals surface area contributed by atoms with Crippen molar-refractivity contribution in [2.45, 2.75) is 0 Å². The quantitative estimate of drug-likeness (QED) is 0.727. The average Bonchev–Trinajstić information content (AvgIpc) is 2.90. The van der Waals surface area contributed by atoms with E-state index in [1.54, 1.807) is 36.4 Å². The third kappa shape index (κ3) is 2.55. The molecular formula is C13H8BrN3O3S. The van der Waals surface area contributed by atoms with Crippen molar-refractivity contribution in [3.8, 4) is 0 Å². The van der Waals surface area contributed by atoms with Crippen molar-refractivity contribution >= 4 is 44.1 Å². The summed E-state index contributed by atoms with van der Waals surface area (Å²) in [5, 5.41) is 0.324. The highest BCUT2D eigenvalue weighted by Gasteiger charge is 2.13. The van der Waals surface area contributed by atoms with Gasteiger partial charge in [-0.25, -0.2) is 4.79 Å². The molecule has 2 N–H and O–H groups in total. The number of aromatic nitrogens is 2. The molecule has 0 aliphatic heterocycles. The lowest BCUT2D eigenvalue weighted by Gasteiger charge is -2.06. The molecule has 0 saturated heterocycles. The summed E-state index contributed by atoms with van der Waals surface area (Å²) in [6, 6.07) is 9.92. The largest absolute Gasteiger partial charge is 0.348 e. The summed E-state index contributed by atoms with van der Waals surface area (Å²) in [4.78, 5) is 39.1. The lowest BCUT2D eigenvalue weighted by molar-refractivity contribution is 0.101. The first-order valence-corrected chi connectivity index (χ1v) is 7.48. The summed E-state index contributed by atoms with van der Waals surface area (Å²) in [6.07, 6.45) is 0. The van der Waals surface area contributed by atoms with Crippen LogP contribution in [-0.4, -0.2) is 15.6 Å². The van der Waals surface area contributed by atoms with Crippen molar-refractivity contribution in [2.75, 3.05) is 5.43 Å². The van der Waals surface area contributed by atoms with E-state index in [2.05, 4.69) is 26.3 Å². The second-order valence-corrected chi connectivity index (χ2v) is 6.62. The van der Waals surface area contributed by atoms with Crippen molar-refractivity contribution in [3.05, 3.63) is 65.9 Å². The second-order valence-electron chi connectivity index (χ2n) is 4.16. The van der Waals surface area contributed by atoms with Crippen molar-refractivity contribution in [1.29, 1.82) is 0 Å². The van der Waals surface area contributed by atoms with Crippen LogP contribution in [0.2, 0.25) is 0 Å². The fourth-order valence-electron chi connectivity index (χ4n) is 1.86. The zero-order valence-electron chi connectivity index (χ0n) is 10.4. The molecule has 1 amide bonds. The van der Waals surface area contributed by atoms with Crippen LogP contribution in [0, 0.1) is 0 Å². The molecule has 0 unspecified atom stereocenters. The normalized spacial score (nSPS) is 10.7. The van der Waals surface area contributed by atoms with Crippen LogP contribution in [0.5, 0.6) is 0 Å². The number of nitrogens with zero attached hydrogens (tertiary/aromatic N) is 1. The fraction of sp³-hybridized carbons (Fsp3) is 0. The van der Waals surface area contributed by atoms with Gasteiger partial charge in [0.1, 0.15) is 0 Å². The molecule has 8 heteroatoms. The fourth-order valence-corrected chi connectivity index (χ4v) is 3.13. The number of amides is 1. The Balaban J connectivity index is 2.07.